The Labute approximate surface area is 110 Å². The van der Waals surface area contributed by atoms with Gasteiger partial charge in [0, 0.05) is 6.20 Å². The van der Waals surface area contributed by atoms with Crippen molar-refractivity contribution in [3.8, 4) is 0 Å². The van der Waals surface area contributed by atoms with Gasteiger partial charge < -0.3 is 0 Å². The fraction of sp³-hybridized carbons (Fsp3) is 0.100. The van der Waals surface area contributed by atoms with Crippen LogP contribution in [0.25, 0.3) is 0 Å². The van der Waals surface area contributed by atoms with E-state index >= 15 is 0 Å². The molecular weight excluding hydrogens is 268 g/mol. The minimum Gasteiger partial charge on any atom is -0.292 e. The SMILES string of the molecule is Cc1ncccc1NS(=O)(=O)c1cnc(NN)nc1. The van der Waals surface area contributed by atoms with Crippen LogP contribution < -0.4 is 16.0 Å². The third-order valence-electron chi connectivity index (χ3n) is 2.32. The number of anilines is 2. The van der Waals surface area contributed by atoms with Gasteiger partial charge in [-0.05, 0) is 19.1 Å². The van der Waals surface area contributed by atoms with Crippen LogP contribution in [0.2, 0.25) is 0 Å². The summed E-state index contributed by atoms with van der Waals surface area (Å²) in [6.45, 7) is 1.70. The Balaban J connectivity index is 2.30. The summed E-state index contributed by atoms with van der Waals surface area (Å²) < 4.78 is 26.6. The molecule has 8 nitrogen and oxygen atoms in total. The van der Waals surface area contributed by atoms with Crippen molar-refractivity contribution in [3.05, 3.63) is 36.4 Å². The summed E-state index contributed by atoms with van der Waals surface area (Å²) in [5.74, 6) is 5.24. The maximum atomic E-state index is 12.1. The second-order valence-corrected chi connectivity index (χ2v) is 5.31. The van der Waals surface area contributed by atoms with E-state index in [1.807, 2.05) is 0 Å². The van der Waals surface area contributed by atoms with Crippen LogP contribution in [-0.2, 0) is 10.0 Å². The predicted molar refractivity (Wildman–Crippen MR) is 69.6 cm³/mol. The summed E-state index contributed by atoms with van der Waals surface area (Å²) in [7, 11) is -3.74. The van der Waals surface area contributed by atoms with Gasteiger partial charge in [0.15, 0.2) is 0 Å². The van der Waals surface area contributed by atoms with Crippen LogP contribution >= 0.6 is 0 Å². The van der Waals surface area contributed by atoms with Crippen molar-refractivity contribution in [2.24, 2.45) is 5.84 Å². The monoisotopic (exact) mass is 280 g/mol. The normalized spacial score (nSPS) is 11.1. The molecule has 0 aliphatic heterocycles. The molecule has 0 fully saturated rings. The summed E-state index contributed by atoms with van der Waals surface area (Å²) in [4.78, 5) is 11.4. The van der Waals surface area contributed by atoms with Gasteiger partial charge in [-0.2, -0.15) is 0 Å². The lowest BCUT2D eigenvalue weighted by molar-refractivity contribution is 0.600. The zero-order chi connectivity index (χ0) is 13.9. The van der Waals surface area contributed by atoms with Crippen molar-refractivity contribution >= 4 is 21.7 Å². The maximum absolute atomic E-state index is 12.1. The maximum Gasteiger partial charge on any atom is 0.265 e. The molecule has 0 saturated heterocycles. The number of nitrogens with zero attached hydrogens (tertiary/aromatic N) is 3. The molecule has 2 aromatic heterocycles. The Morgan fingerprint density at radius 1 is 1.21 bits per heavy atom. The zero-order valence-corrected chi connectivity index (χ0v) is 10.8. The lowest BCUT2D eigenvalue weighted by Gasteiger charge is -2.09. The molecule has 0 spiro atoms. The molecule has 0 saturated carbocycles. The molecule has 2 rings (SSSR count). The van der Waals surface area contributed by atoms with Crippen LogP contribution in [0.4, 0.5) is 11.6 Å². The van der Waals surface area contributed by atoms with Gasteiger partial charge in [-0.25, -0.2) is 24.2 Å². The molecule has 0 amide bonds. The number of hydrogen-bond donors (Lipinski definition) is 3. The molecule has 4 N–H and O–H groups in total. The second kappa shape index (κ2) is 5.16. The summed E-state index contributed by atoms with van der Waals surface area (Å²) in [6, 6.07) is 3.26. The van der Waals surface area contributed by atoms with Crippen molar-refractivity contribution in [2.45, 2.75) is 11.8 Å². The molecule has 0 radical (unpaired) electrons. The van der Waals surface area contributed by atoms with E-state index < -0.39 is 10.0 Å². The lowest BCUT2D eigenvalue weighted by atomic mass is 10.3. The number of hydrogen-bond acceptors (Lipinski definition) is 7. The molecule has 2 aromatic rings. The Morgan fingerprint density at radius 2 is 1.89 bits per heavy atom. The Morgan fingerprint density at radius 3 is 2.47 bits per heavy atom. The highest BCUT2D eigenvalue weighted by Gasteiger charge is 2.16. The number of hydrazine groups is 1. The summed E-state index contributed by atoms with van der Waals surface area (Å²) >= 11 is 0. The van der Waals surface area contributed by atoms with Crippen molar-refractivity contribution in [1.82, 2.24) is 15.0 Å². The first-order chi connectivity index (χ1) is 9.03. The smallest absolute Gasteiger partial charge is 0.265 e. The first kappa shape index (κ1) is 13.2. The third kappa shape index (κ3) is 2.95. The standard InChI is InChI=1S/C10H12N6O2S/c1-7-9(3-2-4-12-7)16-19(17,18)8-5-13-10(15-11)14-6-8/h2-6,16H,11H2,1H3,(H,13,14,15). The number of pyridine rings is 1. The van der Waals surface area contributed by atoms with Gasteiger partial charge in [0.25, 0.3) is 10.0 Å². The van der Waals surface area contributed by atoms with Crippen molar-refractivity contribution in [3.63, 3.8) is 0 Å². The minimum atomic E-state index is -3.74. The van der Waals surface area contributed by atoms with Crippen LogP contribution in [0.1, 0.15) is 5.69 Å². The van der Waals surface area contributed by atoms with E-state index in [4.69, 9.17) is 5.84 Å². The molecule has 0 bridgehead atoms. The minimum absolute atomic E-state index is 0.0604. The quantitative estimate of drug-likeness (QED) is 0.542. The number of nitrogens with one attached hydrogen (secondary N) is 2. The van der Waals surface area contributed by atoms with E-state index in [1.54, 1.807) is 25.3 Å². The fourth-order valence-corrected chi connectivity index (χ4v) is 2.33. The van der Waals surface area contributed by atoms with Gasteiger partial charge in [-0.15, -0.1) is 0 Å². The highest BCUT2D eigenvalue weighted by atomic mass is 32.2. The van der Waals surface area contributed by atoms with Crippen LogP contribution in [0.5, 0.6) is 0 Å². The van der Waals surface area contributed by atoms with Crippen LogP contribution in [0, 0.1) is 6.92 Å². The molecule has 2 heterocycles. The highest BCUT2D eigenvalue weighted by Crippen LogP contribution is 2.16. The summed E-state index contributed by atoms with van der Waals surface area (Å²) in [5, 5.41) is 0. The molecule has 0 unspecified atom stereocenters. The average Bonchev–Trinajstić information content (AvgIpc) is 2.41. The largest absolute Gasteiger partial charge is 0.292 e. The van der Waals surface area contributed by atoms with Crippen LogP contribution in [-0.4, -0.2) is 23.4 Å². The van der Waals surface area contributed by atoms with E-state index in [2.05, 4.69) is 25.1 Å². The molecule has 0 aromatic carbocycles. The summed E-state index contributed by atoms with van der Waals surface area (Å²) in [6.07, 6.45) is 3.91. The highest BCUT2D eigenvalue weighted by molar-refractivity contribution is 7.92. The topological polar surface area (TPSA) is 123 Å². The Hall–Kier alpha value is -2.26. The number of sulfonamides is 1. The third-order valence-corrected chi connectivity index (χ3v) is 3.64. The fourth-order valence-electron chi connectivity index (χ4n) is 1.33. The number of aryl methyl sites for hydroxylation is 1. The van der Waals surface area contributed by atoms with E-state index in [-0.39, 0.29) is 10.8 Å². The average molecular weight is 280 g/mol. The second-order valence-electron chi connectivity index (χ2n) is 3.63. The lowest BCUT2D eigenvalue weighted by Crippen LogP contribution is -2.16. The molecule has 0 aliphatic carbocycles. The van der Waals surface area contributed by atoms with E-state index in [1.165, 1.54) is 0 Å². The first-order valence-electron chi connectivity index (χ1n) is 5.26. The van der Waals surface area contributed by atoms with Crippen molar-refractivity contribution in [1.29, 1.82) is 0 Å². The van der Waals surface area contributed by atoms with E-state index in [0.717, 1.165) is 12.4 Å². The van der Waals surface area contributed by atoms with Gasteiger partial charge >= 0.3 is 0 Å². The van der Waals surface area contributed by atoms with Crippen LogP contribution in [0.15, 0.2) is 35.6 Å². The first-order valence-corrected chi connectivity index (χ1v) is 6.74. The van der Waals surface area contributed by atoms with Gasteiger partial charge in [0.1, 0.15) is 4.90 Å². The molecular formula is C10H12N6O2S. The van der Waals surface area contributed by atoms with E-state index in [0.29, 0.717) is 11.4 Å². The van der Waals surface area contributed by atoms with Crippen LogP contribution in [0.3, 0.4) is 0 Å². The number of aromatic nitrogens is 3. The zero-order valence-electron chi connectivity index (χ0n) is 10.0. The summed E-state index contributed by atoms with van der Waals surface area (Å²) in [5.41, 5.74) is 3.20. The van der Waals surface area contributed by atoms with Crippen molar-refractivity contribution < 1.29 is 8.42 Å². The van der Waals surface area contributed by atoms with Crippen molar-refractivity contribution in [2.75, 3.05) is 10.1 Å². The molecule has 0 atom stereocenters. The predicted octanol–water partition coefficient (Wildman–Crippen LogP) is 0.266. The Bertz CT molecular complexity index is 671. The number of nitrogen functional groups attached to an aromatic ring is 1. The molecule has 19 heavy (non-hydrogen) atoms. The molecule has 0 aliphatic rings. The van der Waals surface area contributed by atoms with Gasteiger partial charge in [-0.1, -0.05) is 0 Å². The van der Waals surface area contributed by atoms with Gasteiger partial charge in [-0.3, -0.25) is 15.1 Å². The van der Waals surface area contributed by atoms with E-state index in [9.17, 15) is 8.42 Å². The number of rotatable bonds is 4. The number of nitrogens with two attached hydrogens (primary N) is 1. The van der Waals surface area contributed by atoms with Gasteiger partial charge in [0.2, 0.25) is 5.95 Å². The molecule has 9 heteroatoms. The Kier molecular flexibility index (Phi) is 3.58. The molecule has 100 valence electrons. The van der Waals surface area contributed by atoms with Gasteiger partial charge in [0.05, 0.1) is 23.8 Å².